The number of fused-ring (bicyclic) bond motifs is 1. The van der Waals surface area contributed by atoms with Gasteiger partial charge in [-0.05, 0) is 45.8 Å². The smallest absolute Gasteiger partial charge is 0.279 e. The Bertz CT molecular complexity index is 1140. The first-order chi connectivity index (χ1) is 14.5. The van der Waals surface area contributed by atoms with Crippen molar-refractivity contribution in [3.05, 3.63) is 34.1 Å². The molecule has 1 fully saturated rings. The fourth-order valence-electron chi connectivity index (χ4n) is 3.75. The molecule has 0 unspecified atom stereocenters. The molecular weight excluding hydrogens is 389 g/mol. The standard InChI is InChI=1S/C20H24FN7O2/c1-4-23-20-25-11(2)15-17(27-20)28(13-5-7-22-8-6-13)19(29)16(26-15)12-9-14(21)18(30-3)24-10-12/h9-10,13,22H,4-8H2,1-3H3,(H,23,25,27). The van der Waals surface area contributed by atoms with Gasteiger partial charge < -0.3 is 15.4 Å². The predicted octanol–water partition coefficient (Wildman–Crippen LogP) is 2.06. The van der Waals surface area contributed by atoms with Crippen LogP contribution in [0.5, 0.6) is 5.88 Å². The van der Waals surface area contributed by atoms with Crippen LogP contribution >= 0.6 is 0 Å². The van der Waals surface area contributed by atoms with Crippen molar-refractivity contribution >= 4 is 17.1 Å². The number of aromatic nitrogens is 5. The van der Waals surface area contributed by atoms with Gasteiger partial charge in [0.15, 0.2) is 11.5 Å². The zero-order valence-corrected chi connectivity index (χ0v) is 17.2. The minimum atomic E-state index is -0.653. The summed E-state index contributed by atoms with van der Waals surface area (Å²) in [6.45, 7) is 6.05. The minimum Gasteiger partial charge on any atom is -0.479 e. The van der Waals surface area contributed by atoms with Crippen molar-refractivity contribution < 1.29 is 9.13 Å². The molecule has 3 aromatic rings. The van der Waals surface area contributed by atoms with E-state index in [2.05, 4.69) is 30.6 Å². The second-order valence-electron chi connectivity index (χ2n) is 7.17. The number of hydrogen-bond acceptors (Lipinski definition) is 8. The Balaban J connectivity index is 1.99. The van der Waals surface area contributed by atoms with Crippen LogP contribution in [0.25, 0.3) is 22.4 Å². The lowest BCUT2D eigenvalue weighted by atomic mass is 10.1. The van der Waals surface area contributed by atoms with E-state index in [1.54, 1.807) is 4.57 Å². The molecule has 10 heteroatoms. The highest BCUT2D eigenvalue weighted by Gasteiger charge is 2.24. The molecular formula is C20H24FN7O2. The summed E-state index contributed by atoms with van der Waals surface area (Å²) in [5.74, 6) is -0.329. The number of halogens is 1. The van der Waals surface area contributed by atoms with Gasteiger partial charge in [0.25, 0.3) is 5.56 Å². The molecule has 3 aromatic heterocycles. The lowest BCUT2D eigenvalue weighted by Gasteiger charge is -2.26. The molecule has 0 amide bonds. The van der Waals surface area contributed by atoms with Crippen molar-refractivity contribution in [2.75, 3.05) is 32.1 Å². The van der Waals surface area contributed by atoms with Gasteiger partial charge in [0.2, 0.25) is 11.8 Å². The second-order valence-corrected chi connectivity index (χ2v) is 7.17. The van der Waals surface area contributed by atoms with E-state index in [-0.39, 0.29) is 28.7 Å². The highest BCUT2D eigenvalue weighted by Crippen LogP contribution is 2.26. The zero-order chi connectivity index (χ0) is 21.3. The highest BCUT2D eigenvalue weighted by molar-refractivity contribution is 5.77. The van der Waals surface area contributed by atoms with Crippen LogP contribution in [-0.2, 0) is 0 Å². The van der Waals surface area contributed by atoms with Crippen LogP contribution in [0.15, 0.2) is 17.1 Å². The van der Waals surface area contributed by atoms with E-state index < -0.39 is 5.82 Å². The average Bonchev–Trinajstić information content (AvgIpc) is 2.74. The molecule has 0 spiro atoms. The number of pyridine rings is 1. The molecule has 1 saturated heterocycles. The molecule has 0 atom stereocenters. The largest absolute Gasteiger partial charge is 0.479 e. The molecule has 0 saturated carbocycles. The quantitative estimate of drug-likeness (QED) is 0.655. The zero-order valence-electron chi connectivity index (χ0n) is 17.2. The van der Waals surface area contributed by atoms with Crippen LogP contribution in [0.4, 0.5) is 10.3 Å². The van der Waals surface area contributed by atoms with Crippen LogP contribution in [0, 0.1) is 12.7 Å². The fourth-order valence-corrected chi connectivity index (χ4v) is 3.75. The Labute approximate surface area is 172 Å². The fraction of sp³-hybridized carbons (Fsp3) is 0.450. The minimum absolute atomic E-state index is 0.0390. The highest BCUT2D eigenvalue weighted by atomic mass is 19.1. The van der Waals surface area contributed by atoms with Crippen molar-refractivity contribution in [2.24, 2.45) is 0 Å². The third-order valence-corrected chi connectivity index (χ3v) is 5.20. The third-order valence-electron chi connectivity index (χ3n) is 5.20. The monoisotopic (exact) mass is 413 g/mol. The second kappa shape index (κ2) is 8.31. The van der Waals surface area contributed by atoms with Gasteiger partial charge in [0.05, 0.1) is 12.8 Å². The first-order valence-corrected chi connectivity index (χ1v) is 9.98. The lowest BCUT2D eigenvalue weighted by molar-refractivity contribution is 0.367. The van der Waals surface area contributed by atoms with Gasteiger partial charge in [0, 0.05) is 24.3 Å². The SMILES string of the molecule is CCNc1nc(C)c2nc(-c3cnc(OC)c(F)c3)c(=O)n(C3CCNCC3)c2n1. The van der Waals surface area contributed by atoms with Gasteiger partial charge in [-0.2, -0.15) is 4.98 Å². The van der Waals surface area contributed by atoms with E-state index in [0.717, 1.165) is 25.9 Å². The van der Waals surface area contributed by atoms with Crippen LogP contribution in [0.1, 0.15) is 31.5 Å². The van der Waals surface area contributed by atoms with E-state index in [0.29, 0.717) is 29.4 Å². The predicted molar refractivity (Wildman–Crippen MR) is 111 cm³/mol. The first kappa shape index (κ1) is 20.1. The summed E-state index contributed by atoms with van der Waals surface area (Å²) in [6.07, 6.45) is 2.97. The summed E-state index contributed by atoms with van der Waals surface area (Å²) in [5, 5.41) is 6.42. The molecule has 1 aliphatic heterocycles. The summed E-state index contributed by atoms with van der Waals surface area (Å²) in [5.41, 5.74) is 1.74. The number of nitrogens with one attached hydrogen (secondary N) is 2. The molecule has 9 nitrogen and oxygen atoms in total. The van der Waals surface area contributed by atoms with Crippen LogP contribution < -0.4 is 20.9 Å². The molecule has 0 radical (unpaired) electrons. The third kappa shape index (κ3) is 3.58. The Morgan fingerprint density at radius 1 is 1.30 bits per heavy atom. The number of hydrogen-bond donors (Lipinski definition) is 2. The van der Waals surface area contributed by atoms with Gasteiger partial charge in [0.1, 0.15) is 11.2 Å². The molecule has 4 heterocycles. The number of nitrogens with zero attached hydrogens (tertiary/aromatic N) is 5. The molecule has 0 aromatic carbocycles. The molecule has 1 aliphatic rings. The maximum Gasteiger partial charge on any atom is 0.279 e. The molecule has 158 valence electrons. The van der Waals surface area contributed by atoms with E-state index in [9.17, 15) is 9.18 Å². The summed E-state index contributed by atoms with van der Waals surface area (Å²) in [4.78, 5) is 31.1. The van der Waals surface area contributed by atoms with E-state index in [4.69, 9.17) is 4.74 Å². The maximum absolute atomic E-state index is 14.3. The first-order valence-electron chi connectivity index (χ1n) is 9.98. The summed E-state index contributed by atoms with van der Waals surface area (Å²) in [7, 11) is 1.34. The van der Waals surface area contributed by atoms with Crippen LogP contribution in [-0.4, -0.2) is 51.2 Å². The van der Waals surface area contributed by atoms with Gasteiger partial charge in [-0.25, -0.2) is 19.3 Å². The van der Waals surface area contributed by atoms with Gasteiger partial charge in [-0.3, -0.25) is 9.36 Å². The Morgan fingerprint density at radius 2 is 2.07 bits per heavy atom. The average molecular weight is 413 g/mol. The van der Waals surface area contributed by atoms with E-state index in [1.165, 1.54) is 19.4 Å². The van der Waals surface area contributed by atoms with Crippen molar-refractivity contribution in [3.63, 3.8) is 0 Å². The van der Waals surface area contributed by atoms with Gasteiger partial charge in [-0.1, -0.05) is 0 Å². The van der Waals surface area contributed by atoms with E-state index >= 15 is 0 Å². The normalized spacial score (nSPS) is 14.8. The molecule has 30 heavy (non-hydrogen) atoms. The lowest BCUT2D eigenvalue weighted by Crippen LogP contribution is -2.36. The Morgan fingerprint density at radius 3 is 2.73 bits per heavy atom. The van der Waals surface area contributed by atoms with Gasteiger partial charge >= 0.3 is 0 Å². The van der Waals surface area contributed by atoms with Crippen molar-refractivity contribution in [3.8, 4) is 17.1 Å². The van der Waals surface area contributed by atoms with Crippen molar-refractivity contribution in [2.45, 2.75) is 32.7 Å². The number of rotatable bonds is 5. The summed E-state index contributed by atoms with van der Waals surface area (Å²) in [6, 6.07) is 1.18. The number of aryl methyl sites for hydroxylation is 1. The summed E-state index contributed by atoms with van der Waals surface area (Å²) < 4.78 is 20.9. The van der Waals surface area contributed by atoms with Gasteiger partial charge in [-0.15, -0.1) is 0 Å². The molecule has 0 aliphatic carbocycles. The van der Waals surface area contributed by atoms with Crippen molar-refractivity contribution in [1.29, 1.82) is 0 Å². The Hall–Kier alpha value is -3.14. The molecule has 2 N–H and O–H groups in total. The van der Waals surface area contributed by atoms with Crippen LogP contribution in [0.3, 0.4) is 0 Å². The summed E-state index contributed by atoms with van der Waals surface area (Å²) >= 11 is 0. The number of methoxy groups -OCH3 is 1. The molecule has 0 bridgehead atoms. The maximum atomic E-state index is 14.3. The Kier molecular flexibility index (Phi) is 5.58. The van der Waals surface area contributed by atoms with Crippen LogP contribution in [0.2, 0.25) is 0 Å². The number of ether oxygens (including phenoxy) is 1. The van der Waals surface area contributed by atoms with E-state index in [1.807, 2.05) is 13.8 Å². The molecule has 4 rings (SSSR count). The number of piperidine rings is 1. The van der Waals surface area contributed by atoms with Crippen molar-refractivity contribution in [1.82, 2.24) is 29.8 Å². The topological polar surface area (TPSA) is 107 Å². The number of anilines is 1.